The lowest BCUT2D eigenvalue weighted by Crippen LogP contribution is -2.35. The van der Waals surface area contributed by atoms with Crippen molar-refractivity contribution in [2.75, 3.05) is 26.1 Å². The normalized spacial score (nSPS) is 12.6. The van der Waals surface area contributed by atoms with Gasteiger partial charge in [0.25, 0.3) is 10.5 Å². The molecule has 0 aliphatic heterocycles. The zero-order chi connectivity index (χ0) is 20.1. The summed E-state index contributed by atoms with van der Waals surface area (Å²) in [4.78, 5) is 2.12. The number of nitrogens with zero attached hydrogens (tertiary/aromatic N) is 2. The van der Waals surface area contributed by atoms with Gasteiger partial charge in [-0.15, -0.1) is 0 Å². The Hall–Kier alpha value is -1.60. The number of fused-ring (bicyclic) bond motifs is 1. The summed E-state index contributed by atoms with van der Waals surface area (Å²) in [6, 6.07) is 15.0. The van der Waals surface area contributed by atoms with Gasteiger partial charge in [0.2, 0.25) is 0 Å². The SMILES string of the molecule is COc1cccc2sc(/C=C/c3ccc(N(C)C)cc3)[n+](CCCC(C)I)c12. The van der Waals surface area contributed by atoms with Gasteiger partial charge in [0, 0.05) is 36.2 Å². The highest BCUT2D eigenvalue weighted by Crippen LogP contribution is 2.29. The quantitative estimate of drug-likeness (QED) is 0.210. The van der Waals surface area contributed by atoms with Crippen molar-refractivity contribution in [3.8, 4) is 5.75 Å². The van der Waals surface area contributed by atoms with Crippen LogP contribution in [-0.2, 0) is 6.54 Å². The smallest absolute Gasteiger partial charge is 0.266 e. The van der Waals surface area contributed by atoms with Gasteiger partial charge >= 0.3 is 0 Å². The minimum absolute atomic E-state index is 0.694. The molecule has 0 spiro atoms. The van der Waals surface area contributed by atoms with Crippen molar-refractivity contribution in [2.24, 2.45) is 0 Å². The Balaban J connectivity index is 1.94. The maximum Gasteiger partial charge on any atom is 0.266 e. The lowest BCUT2D eigenvalue weighted by atomic mass is 10.2. The number of aromatic nitrogens is 1. The Morgan fingerprint density at radius 1 is 1.14 bits per heavy atom. The molecule has 1 unspecified atom stereocenters. The van der Waals surface area contributed by atoms with Gasteiger partial charge < -0.3 is 9.64 Å². The van der Waals surface area contributed by atoms with E-state index in [1.54, 1.807) is 7.11 Å². The van der Waals surface area contributed by atoms with Crippen LogP contribution in [0.5, 0.6) is 5.75 Å². The number of aryl methyl sites for hydroxylation is 1. The minimum atomic E-state index is 0.694. The highest BCUT2D eigenvalue weighted by molar-refractivity contribution is 14.1. The van der Waals surface area contributed by atoms with E-state index in [4.69, 9.17) is 4.74 Å². The molecule has 28 heavy (non-hydrogen) atoms. The molecule has 0 saturated carbocycles. The van der Waals surface area contributed by atoms with Crippen LogP contribution in [0.2, 0.25) is 0 Å². The molecule has 5 heteroatoms. The number of anilines is 1. The van der Waals surface area contributed by atoms with Gasteiger partial charge in [0.1, 0.15) is 4.70 Å². The molecule has 0 radical (unpaired) electrons. The molecule has 3 nitrogen and oxygen atoms in total. The van der Waals surface area contributed by atoms with Gasteiger partial charge in [-0.05, 0) is 42.3 Å². The van der Waals surface area contributed by atoms with Gasteiger partial charge in [0.15, 0.2) is 12.3 Å². The van der Waals surface area contributed by atoms with E-state index >= 15 is 0 Å². The van der Waals surface area contributed by atoms with E-state index in [1.165, 1.54) is 32.9 Å². The largest absolute Gasteiger partial charge is 0.490 e. The molecule has 3 aromatic rings. The number of methoxy groups -OCH3 is 1. The standard InChI is InChI=1S/C23H28IN2OS/c1-17(24)7-6-16-26-22(28-21-9-5-8-20(27-4)23(21)26)15-12-18-10-13-19(14-11-18)25(2)3/h5,8-15,17H,6-7,16H2,1-4H3/q+1. The average molecular weight is 507 g/mol. The van der Waals surface area contributed by atoms with Crippen LogP contribution in [0.25, 0.3) is 22.4 Å². The van der Waals surface area contributed by atoms with Gasteiger partial charge in [-0.25, -0.2) is 0 Å². The highest BCUT2D eigenvalue weighted by atomic mass is 127. The van der Waals surface area contributed by atoms with Crippen molar-refractivity contribution in [1.29, 1.82) is 0 Å². The van der Waals surface area contributed by atoms with Crippen LogP contribution in [0.4, 0.5) is 5.69 Å². The fourth-order valence-electron chi connectivity index (χ4n) is 3.22. The molecule has 0 aliphatic carbocycles. The fraction of sp³-hybridized carbons (Fsp3) is 0.348. The highest BCUT2D eigenvalue weighted by Gasteiger charge is 2.22. The third kappa shape index (κ3) is 5.06. The number of hydrogen-bond donors (Lipinski definition) is 0. The zero-order valence-corrected chi connectivity index (χ0v) is 20.0. The molecule has 1 atom stereocenters. The van der Waals surface area contributed by atoms with E-state index in [1.807, 2.05) is 11.3 Å². The van der Waals surface area contributed by atoms with E-state index in [-0.39, 0.29) is 0 Å². The van der Waals surface area contributed by atoms with Crippen molar-refractivity contribution in [3.63, 3.8) is 0 Å². The van der Waals surface area contributed by atoms with Crippen LogP contribution in [0.15, 0.2) is 42.5 Å². The predicted octanol–water partition coefficient (Wildman–Crippen LogP) is 6.04. The van der Waals surface area contributed by atoms with Crippen LogP contribution in [-0.4, -0.2) is 25.1 Å². The molecule has 0 amide bonds. The Bertz CT molecular complexity index is 945. The van der Waals surface area contributed by atoms with Crippen LogP contribution >= 0.6 is 33.9 Å². The number of hydrogen-bond acceptors (Lipinski definition) is 3. The van der Waals surface area contributed by atoms with Crippen molar-refractivity contribution in [3.05, 3.63) is 53.0 Å². The molecule has 0 aliphatic rings. The van der Waals surface area contributed by atoms with Gasteiger partial charge in [-0.2, -0.15) is 4.57 Å². The molecule has 0 saturated heterocycles. The first-order valence-corrected chi connectivity index (χ1v) is 11.6. The zero-order valence-electron chi connectivity index (χ0n) is 17.0. The second kappa shape index (κ2) is 9.74. The Kier molecular flexibility index (Phi) is 7.35. The summed E-state index contributed by atoms with van der Waals surface area (Å²) in [6.07, 6.45) is 6.82. The van der Waals surface area contributed by atoms with E-state index in [0.717, 1.165) is 18.7 Å². The number of rotatable bonds is 8. The molecule has 3 rings (SSSR count). The maximum atomic E-state index is 5.66. The summed E-state index contributed by atoms with van der Waals surface area (Å²) in [6.45, 7) is 3.28. The first kappa shape index (κ1) is 21.1. The van der Waals surface area contributed by atoms with Crippen molar-refractivity contribution < 1.29 is 9.30 Å². The second-order valence-corrected chi connectivity index (χ2v) is 10.3. The average Bonchev–Trinajstić information content (AvgIpc) is 3.04. The third-order valence-electron chi connectivity index (χ3n) is 4.74. The number of benzene rings is 2. The Morgan fingerprint density at radius 3 is 2.54 bits per heavy atom. The number of para-hydroxylation sites is 1. The predicted molar refractivity (Wildman–Crippen MR) is 131 cm³/mol. The molecule has 1 heterocycles. The molecular formula is C23H28IN2OS+. The summed E-state index contributed by atoms with van der Waals surface area (Å²) in [5, 5.41) is 1.26. The van der Waals surface area contributed by atoms with E-state index in [0.29, 0.717) is 3.92 Å². The number of halogens is 1. The van der Waals surface area contributed by atoms with Gasteiger partial charge in [-0.3, -0.25) is 0 Å². The molecule has 0 bridgehead atoms. The van der Waals surface area contributed by atoms with Gasteiger partial charge in [0.05, 0.1) is 7.11 Å². The Morgan fingerprint density at radius 2 is 1.89 bits per heavy atom. The lowest BCUT2D eigenvalue weighted by molar-refractivity contribution is -0.669. The van der Waals surface area contributed by atoms with E-state index < -0.39 is 0 Å². The van der Waals surface area contributed by atoms with Crippen molar-refractivity contribution in [1.82, 2.24) is 0 Å². The van der Waals surface area contributed by atoms with Crippen LogP contribution in [0.3, 0.4) is 0 Å². The van der Waals surface area contributed by atoms with E-state index in [2.05, 4.69) is 108 Å². The molecule has 0 fully saturated rings. The number of ether oxygens (including phenoxy) is 1. The molecule has 0 N–H and O–H groups in total. The molecule has 148 valence electrons. The molecule has 1 aromatic heterocycles. The summed E-state index contributed by atoms with van der Waals surface area (Å²) >= 11 is 4.33. The third-order valence-corrected chi connectivity index (χ3v) is 6.48. The topological polar surface area (TPSA) is 16.4 Å². The summed E-state index contributed by atoms with van der Waals surface area (Å²) in [5.74, 6) is 0.950. The number of thiazole rings is 1. The number of alkyl halides is 1. The summed E-state index contributed by atoms with van der Waals surface area (Å²) < 4.78 is 10.0. The monoisotopic (exact) mass is 507 g/mol. The summed E-state index contributed by atoms with van der Waals surface area (Å²) in [5.41, 5.74) is 3.63. The first-order valence-electron chi connectivity index (χ1n) is 9.58. The second-order valence-electron chi connectivity index (χ2n) is 7.14. The Labute approximate surface area is 185 Å². The fourth-order valence-corrected chi connectivity index (χ4v) is 4.77. The maximum absolute atomic E-state index is 5.66. The van der Waals surface area contributed by atoms with Crippen LogP contribution in [0.1, 0.15) is 30.3 Å². The lowest BCUT2D eigenvalue weighted by Gasteiger charge is -2.11. The molecule has 2 aromatic carbocycles. The van der Waals surface area contributed by atoms with Crippen molar-refractivity contribution in [2.45, 2.75) is 30.2 Å². The van der Waals surface area contributed by atoms with Crippen LogP contribution < -0.4 is 14.2 Å². The minimum Gasteiger partial charge on any atom is -0.490 e. The van der Waals surface area contributed by atoms with Gasteiger partial charge in [-0.1, -0.05) is 59.1 Å². The van der Waals surface area contributed by atoms with E-state index in [9.17, 15) is 0 Å². The van der Waals surface area contributed by atoms with Crippen molar-refractivity contribution >= 4 is 62.0 Å². The molecular weight excluding hydrogens is 479 g/mol. The summed E-state index contributed by atoms with van der Waals surface area (Å²) in [7, 11) is 5.88. The van der Waals surface area contributed by atoms with Crippen LogP contribution in [0, 0.1) is 0 Å². The first-order chi connectivity index (χ1) is 13.5.